The molecule has 0 unspecified atom stereocenters. The van der Waals surface area contributed by atoms with E-state index in [1.165, 1.54) is 0 Å². The lowest BCUT2D eigenvalue weighted by Gasteiger charge is -2.08. The average Bonchev–Trinajstić information content (AvgIpc) is 2.19. The van der Waals surface area contributed by atoms with Crippen LogP contribution < -0.4 is 4.74 Å². The zero-order valence-electron chi connectivity index (χ0n) is 8.29. The van der Waals surface area contributed by atoms with Gasteiger partial charge in [0.2, 0.25) is 0 Å². The second-order valence-corrected chi connectivity index (χ2v) is 3.00. The molecule has 0 radical (unpaired) electrons. The van der Waals surface area contributed by atoms with Gasteiger partial charge >= 0.3 is 0 Å². The zero-order valence-corrected chi connectivity index (χ0v) is 8.29. The van der Waals surface area contributed by atoms with Crippen LogP contribution in [0.5, 0.6) is 5.75 Å². The molecule has 1 rings (SSSR count). The van der Waals surface area contributed by atoms with Gasteiger partial charge in [0.25, 0.3) is 0 Å². The Balaban J connectivity index is 2.77. The molecule has 1 aromatic carbocycles. The molecule has 0 N–H and O–H groups in total. The van der Waals surface area contributed by atoms with Crippen LogP contribution in [-0.2, 0) is 0 Å². The largest absolute Gasteiger partial charge is 0.461 e. The number of allylic oxidation sites excluding steroid dienone is 1. The number of hydrogen-bond acceptors (Lipinski definition) is 2. The van der Waals surface area contributed by atoms with Crippen LogP contribution in [0.15, 0.2) is 36.6 Å². The number of para-hydroxylation sites is 1. The molecule has 0 saturated carbocycles. The highest BCUT2D eigenvalue weighted by Gasteiger charge is 2.02. The standard InChI is InChI=1S/C12H13NO/c1-3-6-10(2)14-12-8-5-4-7-11(12)9-13/h4-5,7-8H,2-3,6H2,1H3. The molecule has 0 aliphatic heterocycles. The summed E-state index contributed by atoms with van der Waals surface area (Å²) in [6.07, 6.45) is 1.81. The highest BCUT2D eigenvalue weighted by atomic mass is 16.5. The molecule has 2 nitrogen and oxygen atoms in total. The van der Waals surface area contributed by atoms with Crippen LogP contribution in [-0.4, -0.2) is 0 Å². The highest BCUT2D eigenvalue weighted by Crippen LogP contribution is 2.20. The summed E-state index contributed by atoms with van der Waals surface area (Å²) in [5, 5.41) is 8.80. The minimum Gasteiger partial charge on any atom is -0.461 e. The minimum absolute atomic E-state index is 0.546. The molecule has 0 fully saturated rings. The molecule has 2 heteroatoms. The third-order valence-corrected chi connectivity index (χ3v) is 1.79. The molecular formula is C12H13NO. The van der Waals surface area contributed by atoms with Crippen molar-refractivity contribution in [2.45, 2.75) is 19.8 Å². The molecular weight excluding hydrogens is 174 g/mol. The minimum atomic E-state index is 0.546. The summed E-state index contributed by atoms with van der Waals surface area (Å²) < 4.78 is 5.46. The SMILES string of the molecule is C=C(CCC)Oc1ccccc1C#N. The molecule has 0 aliphatic rings. The first kappa shape index (κ1) is 10.3. The lowest BCUT2D eigenvalue weighted by molar-refractivity contribution is 0.403. The molecule has 14 heavy (non-hydrogen) atoms. The number of hydrogen-bond donors (Lipinski definition) is 0. The predicted octanol–water partition coefficient (Wildman–Crippen LogP) is 3.25. The maximum absolute atomic E-state index is 8.80. The normalized spacial score (nSPS) is 9.14. The molecule has 72 valence electrons. The summed E-state index contributed by atoms with van der Waals surface area (Å²) in [6.45, 7) is 5.84. The van der Waals surface area contributed by atoms with E-state index >= 15 is 0 Å². The Morgan fingerprint density at radius 1 is 1.50 bits per heavy atom. The first-order valence-electron chi connectivity index (χ1n) is 4.62. The number of benzene rings is 1. The molecule has 0 heterocycles. The van der Waals surface area contributed by atoms with Crippen molar-refractivity contribution < 1.29 is 4.74 Å². The predicted molar refractivity (Wildman–Crippen MR) is 55.8 cm³/mol. The van der Waals surface area contributed by atoms with Crippen LogP contribution in [0.1, 0.15) is 25.3 Å². The van der Waals surface area contributed by atoms with Gasteiger partial charge in [0, 0.05) is 6.42 Å². The van der Waals surface area contributed by atoms with Gasteiger partial charge in [-0.05, 0) is 18.6 Å². The van der Waals surface area contributed by atoms with Gasteiger partial charge in [-0.25, -0.2) is 0 Å². The van der Waals surface area contributed by atoms with Gasteiger partial charge in [-0.3, -0.25) is 0 Å². The summed E-state index contributed by atoms with van der Waals surface area (Å²) >= 11 is 0. The van der Waals surface area contributed by atoms with E-state index in [4.69, 9.17) is 10.00 Å². The molecule has 0 amide bonds. The van der Waals surface area contributed by atoms with Gasteiger partial charge in [0.15, 0.2) is 0 Å². The highest BCUT2D eigenvalue weighted by molar-refractivity contribution is 5.43. The summed E-state index contributed by atoms with van der Waals surface area (Å²) in [7, 11) is 0. The van der Waals surface area contributed by atoms with E-state index in [1.54, 1.807) is 12.1 Å². The van der Waals surface area contributed by atoms with Crippen LogP contribution in [0, 0.1) is 11.3 Å². The Morgan fingerprint density at radius 2 is 2.21 bits per heavy atom. The fourth-order valence-electron chi connectivity index (χ4n) is 1.13. The quantitative estimate of drug-likeness (QED) is 0.678. The van der Waals surface area contributed by atoms with Crippen molar-refractivity contribution in [3.8, 4) is 11.8 Å². The number of nitrogens with zero attached hydrogens (tertiary/aromatic N) is 1. The van der Waals surface area contributed by atoms with Crippen LogP contribution in [0.2, 0.25) is 0 Å². The summed E-state index contributed by atoms with van der Waals surface area (Å²) in [5.74, 6) is 1.30. The van der Waals surface area contributed by atoms with E-state index in [9.17, 15) is 0 Å². The topological polar surface area (TPSA) is 33.0 Å². The Hall–Kier alpha value is -1.75. The van der Waals surface area contributed by atoms with Crippen molar-refractivity contribution in [3.63, 3.8) is 0 Å². The molecule has 0 aromatic heterocycles. The number of ether oxygens (including phenoxy) is 1. The van der Waals surface area contributed by atoms with Crippen LogP contribution in [0.25, 0.3) is 0 Å². The molecule has 0 spiro atoms. The molecule has 0 atom stereocenters. The Kier molecular flexibility index (Phi) is 3.75. The van der Waals surface area contributed by atoms with Crippen molar-refractivity contribution in [2.75, 3.05) is 0 Å². The maximum atomic E-state index is 8.80. The van der Waals surface area contributed by atoms with E-state index < -0.39 is 0 Å². The lowest BCUT2D eigenvalue weighted by atomic mass is 10.2. The third-order valence-electron chi connectivity index (χ3n) is 1.79. The van der Waals surface area contributed by atoms with Crippen molar-refractivity contribution in [3.05, 3.63) is 42.2 Å². The Morgan fingerprint density at radius 3 is 2.86 bits per heavy atom. The number of nitriles is 1. The van der Waals surface area contributed by atoms with Gasteiger partial charge < -0.3 is 4.74 Å². The zero-order chi connectivity index (χ0) is 10.4. The Bertz CT molecular complexity index is 363. The molecule has 0 bridgehead atoms. The van der Waals surface area contributed by atoms with Gasteiger partial charge in [-0.2, -0.15) is 5.26 Å². The van der Waals surface area contributed by atoms with E-state index in [0.29, 0.717) is 17.1 Å². The summed E-state index contributed by atoms with van der Waals surface area (Å²) in [5.41, 5.74) is 0.546. The van der Waals surface area contributed by atoms with Crippen molar-refractivity contribution in [1.82, 2.24) is 0 Å². The smallest absolute Gasteiger partial charge is 0.144 e. The Labute approximate surface area is 84.4 Å². The number of rotatable bonds is 4. The average molecular weight is 187 g/mol. The molecule has 1 aromatic rings. The van der Waals surface area contributed by atoms with Crippen LogP contribution >= 0.6 is 0 Å². The van der Waals surface area contributed by atoms with Gasteiger partial charge in [0.1, 0.15) is 11.8 Å². The van der Waals surface area contributed by atoms with Gasteiger partial charge in [-0.15, -0.1) is 0 Å². The van der Waals surface area contributed by atoms with E-state index in [2.05, 4.69) is 19.6 Å². The molecule has 0 aliphatic carbocycles. The summed E-state index contributed by atoms with van der Waals surface area (Å²) in [4.78, 5) is 0. The first-order valence-corrected chi connectivity index (χ1v) is 4.62. The van der Waals surface area contributed by atoms with Gasteiger partial charge in [0.05, 0.1) is 11.3 Å². The second kappa shape index (κ2) is 5.08. The third kappa shape index (κ3) is 2.63. The van der Waals surface area contributed by atoms with Gasteiger partial charge in [-0.1, -0.05) is 25.6 Å². The van der Waals surface area contributed by atoms with E-state index in [-0.39, 0.29) is 0 Å². The van der Waals surface area contributed by atoms with Crippen LogP contribution in [0.4, 0.5) is 0 Å². The summed E-state index contributed by atoms with van der Waals surface area (Å²) in [6, 6.07) is 9.24. The van der Waals surface area contributed by atoms with E-state index in [1.807, 2.05) is 12.1 Å². The van der Waals surface area contributed by atoms with Crippen molar-refractivity contribution in [1.29, 1.82) is 5.26 Å². The van der Waals surface area contributed by atoms with Crippen molar-refractivity contribution in [2.24, 2.45) is 0 Å². The molecule has 0 saturated heterocycles. The van der Waals surface area contributed by atoms with Crippen molar-refractivity contribution >= 4 is 0 Å². The first-order chi connectivity index (χ1) is 6.77. The second-order valence-electron chi connectivity index (χ2n) is 3.00. The lowest BCUT2D eigenvalue weighted by Crippen LogP contribution is -1.95. The van der Waals surface area contributed by atoms with E-state index in [0.717, 1.165) is 12.8 Å². The maximum Gasteiger partial charge on any atom is 0.144 e. The van der Waals surface area contributed by atoms with Crippen LogP contribution in [0.3, 0.4) is 0 Å². The monoisotopic (exact) mass is 187 g/mol. The fourth-order valence-corrected chi connectivity index (χ4v) is 1.13. The fraction of sp³-hybridized carbons (Fsp3) is 0.250.